The number of imidazole rings is 1. The van der Waals surface area contributed by atoms with Crippen molar-refractivity contribution in [3.63, 3.8) is 0 Å². The van der Waals surface area contributed by atoms with Gasteiger partial charge < -0.3 is 4.57 Å². The van der Waals surface area contributed by atoms with Gasteiger partial charge in [0.1, 0.15) is 5.82 Å². The summed E-state index contributed by atoms with van der Waals surface area (Å²) < 4.78 is 2.21. The predicted molar refractivity (Wildman–Crippen MR) is 94.5 cm³/mol. The fourth-order valence-electron chi connectivity index (χ4n) is 2.76. The zero-order chi connectivity index (χ0) is 17.1. The number of nitrogens with zero attached hydrogens (tertiary/aromatic N) is 2. The number of carbonyl (C=O) groups excluding carboxylic acids is 1. The molecule has 24 heavy (non-hydrogen) atoms. The molecule has 5 nitrogen and oxygen atoms in total. The Morgan fingerprint density at radius 1 is 1.21 bits per heavy atom. The average Bonchev–Trinajstić information content (AvgIpc) is 2.99. The third-order valence-corrected chi connectivity index (χ3v) is 3.79. The quantitative estimate of drug-likeness (QED) is 0.436. The van der Waals surface area contributed by atoms with Crippen molar-refractivity contribution in [2.45, 2.75) is 19.9 Å². The smallest absolute Gasteiger partial charge is 0.267 e. The number of hydroxylamine groups is 1. The summed E-state index contributed by atoms with van der Waals surface area (Å²) in [6.45, 7) is 4.26. The summed E-state index contributed by atoms with van der Waals surface area (Å²) >= 11 is 0. The molecule has 2 N–H and O–H groups in total. The van der Waals surface area contributed by atoms with Gasteiger partial charge in [0.25, 0.3) is 5.91 Å². The molecule has 0 spiro atoms. The van der Waals surface area contributed by atoms with Crippen LogP contribution < -0.4 is 5.48 Å². The van der Waals surface area contributed by atoms with Crippen LogP contribution in [0, 0.1) is 0 Å². The Morgan fingerprint density at radius 2 is 2.00 bits per heavy atom. The van der Waals surface area contributed by atoms with Crippen molar-refractivity contribution in [1.82, 2.24) is 15.0 Å². The maximum atomic E-state index is 11.1. The van der Waals surface area contributed by atoms with E-state index in [-0.39, 0.29) is 6.04 Å². The molecule has 0 bridgehead atoms. The number of amides is 1. The van der Waals surface area contributed by atoms with Gasteiger partial charge in [0.15, 0.2) is 0 Å². The lowest BCUT2D eigenvalue weighted by Crippen LogP contribution is -2.14. The Bertz CT molecular complexity index is 910. The van der Waals surface area contributed by atoms with Crippen molar-refractivity contribution in [2.75, 3.05) is 0 Å². The number of para-hydroxylation sites is 2. The lowest BCUT2D eigenvalue weighted by Gasteiger charge is -2.13. The van der Waals surface area contributed by atoms with Crippen molar-refractivity contribution in [1.29, 1.82) is 0 Å². The number of rotatable bonds is 4. The number of fused-ring (bicyclic) bond motifs is 1. The lowest BCUT2D eigenvalue weighted by atomic mass is 10.1. The monoisotopic (exact) mass is 321 g/mol. The molecule has 0 aliphatic rings. The average molecular weight is 321 g/mol. The van der Waals surface area contributed by atoms with Crippen LogP contribution in [-0.2, 0) is 4.79 Å². The minimum absolute atomic E-state index is 0.270. The highest BCUT2D eigenvalue weighted by atomic mass is 16.5. The predicted octanol–water partition coefficient (Wildman–Crippen LogP) is 3.80. The van der Waals surface area contributed by atoms with Crippen molar-refractivity contribution in [3.8, 4) is 11.4 Å². The summed E-state index contributed by atoms with van der Waals surface area (Å²) in [4.78, 5) is 15.9. The van der Waals surface area contributed by atoms with Crippen molar-refractivity contribution < 1.29 is 10.0 Å². The first-order valence-electron chi connectivity index (χ1n) is 7.79. The van der Waals surface area contributed by atoms with E-state index in [1.807, 2.05) is 42.5 Å². The van der Waals surface area contributed by atoms with Gasteiger partial charge in [-0.3, -0.25) is 10.0 Å². The van der Waals surface area contributed by atoms with Gasteiger partial charge >= 0.3 is 0 Å². The molecular weight excluding hydrogens is 302 g/mol. The van der Waals surface area contributed by atoms with Gasteiger partial charge in [0, 0.05) is 17.7 Å². The molecule has 122 valence electrons. The van der Waals surface area contributed by atoms with Crippen LogP contribution in [0.15, 0.2) is 54.6 Å². The van der Waals surface area contributed by atoms with E-state index in [0.29, 0.717) is 0 Å². The second kappa shape index (κ2) is 6.68. The summed E-state index contributed by atoms with van der Waals surface area (Å²) in [6, 6.07) is 16.1. The first-order valence-corrected chi connectivity index (χ1v) is 7.79. The third-order valence-electron chi connectivity index (χ3n) is 3.79. The standard InChI is InChI=1S/C19H19N3O2/c1-13(2)22-17-9-4-3-8-16(17)20-19(22)15-7-5-6-14(12-15)10-11-18(23)21-24/h3-13,24H,1-2H3,(H,21,23)/b11-10+. The number of hydrogen-bond acceptors (Lipinski definition) is 3. The fourth-order valence-corrected chi connectivity index (χ4v) is 2.76. The molecule has 2 aromatic carbocycles. The van der Waals surface area contributed by atoms with E-state index in [1.54, 1.807) is 11.6 Å². The topological polar surface area (TPSA) is 67.2 Å². The summed E-state index contributed by atoms with van der Waals surface area (Å²) in [7, 11) is 0. The van der Waals surface area contributed by atoms with Gasteiger partial charge in [0.05, 0.1) is 11.0 Å². The van der Waals surface area contributed by atoms with Gasteiger partial charge in [-0.25, -0.2) is 10.5 Å². The van der Waals surface area contributed by atoms with Gasteiger partial charge in [-0.1, -0.05) is 30.3 Å². The van der Waals surface area contributed by atoms with Crippen LogP contribution in [0.2, 0.25) is 0 Å². The van der Waals surface area contributed by atoms with Crippen molar-refractivity contribution in [2.24, 2.45) is 0 Å². The zero-order valence-corrected chi connectivity index (χ0v) is 13.6. The maximum Gasteiger partial charge on any atom is 0.267 e. The Hall–Kier alpha value is -2.92. The molecule has 0 atom stereocenters. The van der Waals surface area contributed by atoms with Crippen LogP contribution in [0.3, 0.4) is 0 Å². The van der Waals surface area contributed by atoms with Crippen LogP contribution in [0.25, 0.3) is 28.5 Å². The molecule has 3 rings (SSSR count). The first kappa shape index (κ1) is 16.0. The number of benzene rings is 2. The van der Waals surface area contributed by atoms with E-state index in [4.69, 9.17) is 10.2 Å². The minimum atomic E-state index is -0.560. The van der Waals surface area contributed by atoms with Gasteiger partial charge in [-0.2, -0.15) is 0 Å². The second-order valence-corrected chi connectivity index (χ2v) is 5.82. The number of carbonyl (C=O) groups is 1. The van der Waals surface area contributed by atoms with Crippen molar-refractivity contribution in [3.05, 3.63) is 60.2 Å². The highest BCUT2D eigenvalue weighted by Gasteiger charge is 2.14. The zero-order valence-electron chi connectivity index (χ0n) is 13.6. The molecule has 3 aromatic rings. The molecule has 5 heteroatoms. The van der Waals surface area contributed by atoms with Gasteiger partial charge in [-0.15, -0.1) is 0 Å². The fraction of sp³-hybridized carbons (Fsp3) is 0.158. The summed E-state index contributed by atoms with van der Waals surface area (Å²) in [5.74, 6) is 0.336. The second-order valence-electron chi connectivity index (χ2n) is 5.82. The highest BCUT2D eigenvalue weighted by molar-refractivity contribution is 5.91. The Labute approximate surface area is 140 Å². The van der Waals surface area contributed by atoms with Crippen molar-refractivity contribution >= 4 is 23.0 Å². The maximum absolute atomic E-state index is 11.1. The molecule has 0 aliphatic carbocycles. The first-order chi connectivity index (χ1) is 11.6. The molecule has 1 amide bonds. The van der Waals surface area contributed by atoms with Gasteiger partial charge in [0.2, 0.25) is 0 Å². The molecule has 0 unspecified atom stereocenters. The minimum Gasteiger partial charge on any atom is -0.321 e. The lowest BCUT2D eigenvalue weighted by molar-refractivity contribution is -0.124. The van der Waals surface area contributed by atoms with Crippen LogP contribution in [0.5, 0.6) is 0 Å². The molecule has 1 aromatic heterocycles. The van der Waals surface area contributed by atoms with E-state index in [9.17, 15) is 4.79 Å². The molecule has 0 radical (unpaired) electrons. The number of nitrogens with one attached hydrogen (secondary N) is 1. The molecule has 0 saturated carbocycles. The highest BCUT2D eigenvalue weighted by Crippen LogP contribution is 2.28. The largest absolute Gasteiger partial charge is 0.321 e. The van der Waals surface area contributed by atoms with Gasteiger partial charge in [-0.05, 0) is 43.7 Å². The molecule has 0 aliphatic heterocycles. The van der Waals surface area contributed by atoms with Crippen LogP contribution >= 0.6 is 0 Å². The summed E-state index contributed by atoms with van der Waals surface area (Å²) in [5.41, 5.74) is 5.48. The molecule has 0 fully saturated rings. The molecule has 1 heterocycles. The van der Waals surface area contributed by atoms with Crippen LogP contribution in [0.1, 0.15) is 25.5 Å². The SMILES string of the molecule is CC(C)n1c(-c2cccc(/C=C/C(=O)NO)c2)nc2ccccc21. The third kappa shape index (κ3) is 3.07. The summed E-state index contributed by atoms with van der Waals surface area (Å²) in [5, 5.41) is 8.56. The van der Waals surface area contributed by atoms with E-state index in [0.717, 1.165) is 28.0 Å². The van der Waals surface area contributed by atoms with Crippen LogP contribution in [-0.4, -0.2) is 20.7 Å². The Morgan fingerprint density at radius 3 is 2.75 bits per heavy atom. The number of aromatic nitrogens is 2. The van der Waals surface area contributed by atoms with E-state index in [1.165, 1.54) is 6.08 Å². The van der Waals surface area contributed by atoms with E-state index >= 15 is 0 Å². The van der Waals surface area contributed by atoms with E-state index < -0.39 is 5.91 Å². The Kier molecular flexibility index (Phi) is 4.44. The molecular formula is C19H19N3O2. The summed E-state index contributed by atoms with van der Waals surface area (Å²) in [6.07, 6.45) is 2.93. The normalized spacial score (nSPS) is 11.5. The number of hydrogen-bond donors (Lipinski definition) is 2. The Balaban J connectivity index is 2.09. The molecule has 0 saturated heterocycles. The van der Waals surface area contributed by atoms with Crippen LogP contribution in [0.4, 0.5) is 0 Å². The van der Waals surface area contributed by atoms with E-state index in [2.05, 4.69) is 24.5 Å².